The van der Waals surface area contributed by atoms with Crippen LogP contribution in [-0.2, 0) is 11.3 Å². The zero-order valence-corrected chi connectivity index (χ0v) is 12.4. The SMILES string of the molecule is O=C(OCc1csc(-c2ccsc2)n1)c1cc[n+]([O-])cc1. The van der Waals surface area contributed by atoms with Gasteiger partial charge in [-0.2, -0.15) is 16.1 Å². The van der Waals surface area contributed by atoms with Gasteiger partial charge in [-0.25, -0.2) is 9.78 Å². The van der Waals surface area contributed by atoms with Gasteiger partial charge in [0.1, 0.15) is 11.6 Å². The van der Waals surface area contributed by atoms with E-state index in [2.05, 4.69) is 4.98 Å². The predicted octanol–water partition coefficient (Wildman–Crippen LogP) is 2.86. The van der Waals surface area contributed by atoms with Crippen molar-refractivity contribution in [3.05, 3.63) is 63.2 Å². The Morgan fingerprint density at radius 3 is 2.81 bits per heavy atom. The molecule has 0 radical (unpaired) electrons. The number of rotatable bonds is 4. The van der Waals surface area contributed by atoms with E-state index in [4.69, 9.17) is 4.74 Å². The van der Waals surface area contributed by atoms with E-state index in [0.717, 1.165) is 10.6 Å². The highest BCUT2D eigenvalue weighted by Gasteiger charge is 2.11. The molecule has 0 spiro atoms. The Morgan fingerprint density at radius 1 is 1.29 bits per heavy atom. The Hall–Kier alpha value is -2.25. The summed E-state index contributed by atoms with van der Waals surface area (Å²) in [6.07, 6.45) is 2.52. The number of hydrogen-bond donors (Lipinski definition) is 0. The van der Waals surface area contributed by atoms with Crippen LogP contribution in [0.1, 0.15) is 16.1 Å². The first kappa shape index (κ1) is 13.7. The van der Waals surface area contributed by atoms with Crippen molar-refractivity contribution in [2.45, 2.75) is 6.61 Å². The Balaban J connectivity index is 1.62. The average Bonchev–Trinajstić information content (AvgIpc) is 3.16. The number of thiazole rings is 1. The average molecular weight is 318 g/mol. The van der Waals surface area contributed by atoms with Gasteiger partial charge in [0.05, 0.1) is 11.3 Å². The highest BCUT2D eigenvalue weighted by Crippen LogP contribution is 2.25. The second kappa shape index (κ2) is 6.02. The molecule has 3 aromatic rings. The molecule has 0 saturated carbocycles. The van der Waals surface area contributed by atoms with Gasteiger partial charge >= 0.3 is 5.97 Å². The second-order valence-corrected chi connectivity index (χ2v) is 5.82. The Morgan fingerprint density at radius 2 is 2.10 bits per heavy atom. The predicted molar refractivity (Wildman–Crippen MR) is 79.9 cm³/mol. The van der Waals surface area contributed by atoms with Gasteiger partial charge in [-0.15, -0.1) is 11.3 Å². The largest absolute Gasteiger partial charge is 0.619 e. The molecule has 21 heavy (non-hydrogen) atoms. The third kappa shape index (κ3) is 3.26. The topological polar surface area (TPSA) is 66.1 Å². The number of pyridine rings is 1. The summed E-state index contributed by atoms with van der Waals surface area (Å²) in [7, 11) is 0. The van der Waals surface area contributed by atoms with Gasteiger partial charge in [0.25, 0.3) is 0 Å². The van der Waals surface area contributed by atoms with Crippen molar-refractivity contribution in [2.75, 3.05) is 0 Å². The minimum atomic E-state index is -0.472. The zero-order chi connectivity index (χ0) is 14.7. The van der Waals surface area contributed by atoms with E-state index in [0.29, 0.717) is 16.0 Å². The van der Waals surface area contributed by atoms with Crippen molar-refractivity contribution in [1.82, 2.24) is 4.98 Å². The fourth-order valence-corrected chi connectivity index (χ4v) is 3.18. The van der Waals surface area contributed by atoms with E-state index in [9.17, 15) is 10.0 Å². The van der Waals surface area contributed by atoms with E-state index < -0.39 is 5.97 Å². The molecule has 106 valence electrons. The lowest BCUT2D eigenvalue weighted by Crippen LogP contribution is -2.24. The molecular formula is C14H10N2O3S2. The number of hydrogen-bond acceptors (Lipinski definition) is 6. The van der Waals surface area contributed by atoms with Crippen LogP contribution in [0, 0.1) is 5.21 Å². The number of thiophene rings is 1. The molecule has 5 nitrogen and oxygen atoms in total. The first-order chi connectivity index (χ1) is 10.2. The normalized spacial score (nSPS) is 10.5. The van der Waals surface area contributed by atoms with Crippen molar-refractivity contribution >= 4 is 28.6 Å². The standard InChI is InChI=1S/C14H10N2O3S2/c17-14(10-1-4-16(18)5-2-10)19-7-12-9-21-13(15-12)11-3-6-20-8-11/h1-6,8-9H,7H2. The zero-order valence-electron chi connectivity index (χ0n) is 10.8. The van der Waals surface area contributed by atoms with Gasteiger partial charge in [-0.3, -0.25) is 0 Å². The molecule has 0 fully saturated rings. The van der Waals surface area contributed by atoms with Crippen LogP contribution >= 0.6 is 22.7 Å². The van der Waals surface area contributed by atoms with Crippen molar-refractivity contribution in [1.29, 1.82) is 0 Å². The van der Waals surface area contributed by atoms with E-state index in [-0.39, 0.29) is 6.61 Å². The first-order valence-electron chi connectivity index (χ1n) is 6.05. The van der Waals surface area contributed by atoms with Crippen LogP contribution in [-0.4, -0.2) is 11.0 Å². The molecule has 0 aliphatic rings. The molecule has 7 heteroatoms. The quantitative estimate of drug-likeness (QED) is 0.421. The van der Waals surface area contributed by atoms with Crippen molar-refractivity contribution in [3.8, 4) is 10.6 Å². The smallest absolute Gasteiger partial charge is 0.338 e. The summed E-state index contributed by atoms with van der Waals surface area (Å²) >= 11 is 3.13. The molecule has 0 atom stereocenters. The van der Waals surface area contributed by atoms with Crippen LogP contribution in [0.2, 0.25) is 0 Å². The second-order valence-electron chi connectivity index (χ2n) is 4.18. The summed E-state index contributed by atoms with van der Waals surface area (Å²) in [5.74, 6) is -0.472. The highest BCUT2D eigenvalue weighted by atomic mass is 32.1. The molecule has 0 amide bonds. The number of carbonyl (C=O) groups is 1. The molecule has 3 aromatic heterocycles. The molecule has 0 N–H and O–H groups in total. The summed E-state index contributed by atoms with van der Waals surface area (Å²) in [4.78, 5) is 16.2. The Bertz CT molecular complexity index is 736. The summed E-state index contributed by atoms with van der Waals surface area (Å²) < 4.78 is 5.80. The van der Waals surface area contributed by atoms with E-state index >= 15 is 0 Å². The maximum Gasteiger partial charge on any atom is 0.338 e. The molecule has 0 saturated heterocycles. The van der Waals surface area contributed by atoms with Crippen LogP contribution in [0.5, 0.6) is 0 Å². The number of ether oxygens (including phenoxy) is 1. The van der Waals surface area contributed by atoms with Gasteiger partial charge in [0.15, 0.2) is 12.4 Å². The first-order valence-corrected chi connectivity index (χ1v) is 7.87. The molecule has 3 heterocycles. The van der Waals surface area contributed by atoms with E-state index in [1.54, 1.807) is 11.3 Å². The summed E-state index contributed by atoms with van der Waals surface area (Å²) in [5.41, 5.74) is 2.13. The summed E-state index contributed by atoms with van der Waals surface area (Å²) in [5, 5.41) is 17.7. The Kier molecular flexibility index (Phi) is 3.94. The number of nitrogens with zero attached hydrogens (tertiary/aromatic N) is 2. The molecule has 0 unspecified atom stereocenters. The maximum atomic E-state index is 11.8. The van der Waals surface area contributed by atoms with E-state index in [1.165, 1.54) is 35.9 Å². The summed E-state index contributed by atoms with van der Waals surface area (Å²) in [6, 6.07) is 4.85. The molecule has 0 aliphatic heterocycles. The fraction of sp³-hybridized carbons (Fsp3) is 0.0714. The minimum absolute atomic E-state index is 0.117. The third-order valence-corrected chi connectivity index (χ3v) is 4.33. The lowest BCUT2D eigenvalue weighted by atomic mass is 10.3. The fourth-order valence-electron chi connectivity index (χ4n) is 1.66. The van der Waals surface area contributed by atoms with Crippen LogP contribution < -0.4 is 4.73 Å². The lowest BCUT2D eigenvalue weighted by molar-refractivity contribution is -0.605. The monoisotopic (exact) mass is 318 g/mol. The van der Waals surface area contributed by atoms with Crippen molar-refractivity contribution < 1.29 is 14.3 Å². The molecule has 3 rings (SSSR count). The maximum absolute atomic E-state index is 11.8. The highest BCUT2D eigenvalue weighted by molar-refractivity contribution is 7.14. The summed E-state index contributed by atoms with van der Waals surface area (Å²) in [6.45, 7) is 0.117. The van der Waals surface area contributed by atoms with Crippen LogP contribution in [0.25, 0.3) is 10.6 Å². The number of esters is 1. The lowest BCUT2D eigenvalue weighted by Gasteiger charge is -2.02. The number of aromatic nitrogens is 2. The van der Waals surface area contributed by atoms with Crippen LogP contribution in [0.4, 0.5) is 0 Å². The van der Waals surface area contributed by atoms with Gasteiger partial charge in [0.2, 0.25) is 0 Å². The molecule has 0 bridgehead atoms. The van der Waals surface area contributed by atoms with Crippen LogP contribution in [0.15, 0.2) is 46.7 Å². The third-order valence-electron chi connectivity index (χ3n) is 2.71. The van der Waals surface area contributed by atoms with Crippen molar-refractivity contribution in [3.63, 3.8) is 0 Å². The Labute approximate surface area is 128 Å². The van der Waals surface area contributed by atoms with Gasteiger partial charge in [0, 0.05) is 28.5 Å². The van der Waals surface area contributed by atoms with Crippen molar-refractivity contribution in [2.24, 2.45) is 0 Å². The van der Waals surface area contributed by atoms with Gasteiger partial charge < -0.3 is 9.94 Å². The molecule has 0 aliphatic carbocycles. The van der Waals surface area contributed by atoms with Gasteiger partial charge in [-0.05, 0) is 11.4 Å². The number of carbonyl (C=O) groups excluding carboxylic acids is 1. The molecule has 0 aromatic carbocycles. The van der Waals surface area contributed by atoms with Crippen LogP contribution in [0.3, 0.4) is 0 Å². The molecular weight excluding hydrogens is 308 g/mol. The minimum Gasteiger partial charge on any atom is -0.619 e. The van der Waals surface area contributed by atoms with E-state index in [1.807, 2.05) is 22.2 Å². The van der Waals surface area contributed by atoms with Gasteiger partial charge in [-0.1, -0.05) is 0 Å².